The third kappa shape index (κ3) is 4.23. The van der Waals surface area contributed by atoms with E-state index in [0.29, 0.717) is 27.8 Å². The lowest BCUT2D eigenvalue weighted by Crippen LogP contribution is -2.29. The van der Waals surface area contributed by atoms with Gasteiger partial charge in [-0.05, 0) is 54.4 Å². The minimum Gasteiger partial charge on any atom is -0.507 e. The van der Waals surface area contributed by atoms with Gasteiger partial charge >= 0.3 is 5.91 Å². The number of aromatic nitrogens is 1. The summed E-state index contributed by atoms with van der Waals surface area (Å²) in [5.74, 6) is -0.537. The molecule has 1 fully saturated rings. The Bertz CT molecular complexity index is 1710. The number of nitrogens with zero attached hydrogens (tertiary/aromatic N) is 2. The van der Waals surface area contributed by atoms with Gasteiger partial charge in [-0.15, -0.1) is 0 Å². The molecule has 1 N–H and O–H groups in total. The molecule has 0 saturated carbocycles. The van der Waals surface area contributed by atoms with Crippen LogP contribution < -0.4 is 9.64 Å². The molecule has 1 atom stereocenters. The van der Waals surface area contributed by atoms with E-state index >= 15 is 0 Å². The second kappa shape index (κ2) is 9.61. The lowest BCUT2D eigenvalue weighted by atomic mass is 9.95. The lowest BCUT2D eigenvalue weighted by molar-refractivity contribution is -0.132. The van der Waals surface area contributed by atoms with Gasteiger partial charge in [-0.2, -0.15) is 0 Å². The number of thiazole rings is 1. The minimum absolute atomic E-state index is 0.00787. The first-order chi connectivity index (χ1) is 18.5. The van der Waals surface area contributed by atoms with Crippen molar-refractivity contribution in [3.63, 3.8) is 0 Å². The molecule has 0 radical (unpaired) electrons. The maximum atomic E-state index is 13.5. The van der Waals surface area contributed by atoms with Crippen molar-refractivity contribution in [1.29, 1.82) is 0 Å². The molecule has 0 spiro atoms. The predicted octanol–water partition coefficient (Wildman–Crippen LogP) is 7.02. The Morgan fingerprint density at radius 3 is 2.34 bits per heavy atom. The molecule has 186 valence electrons. The van der Waals surface area contributed by atoms with E-state index in [2.05, 4.69) is 4.98 Å². The van der Waals surface area contributed by atoms with Gasteiger partial charge in [0, 0.05) is 5.56 Å². The summed E-state index contributed by atoms with van der Waals surface area (Å²) >= 11 is 1.34. The van der Waals surface area contributed by atoms with Gasteiger partial charge in [0.2, 0.25) is 0 Å². The number of carbonyl (C=O) groups is 2. The third-order valence-electron chi connectivity index (χ3n) is 6.38. The van der Waals surface area contributed by atoms with Crippen LogP contribution in [0.5, 0.6) is 11.5 Å². The molecule has 2 heterocycles. The summed E-state index contributed by atoms with van der Waals surface area (Å²) in [4.78, 5) is 33.1. The van der Waals surface area contributed by atoms with Crippen LogP contribution in [0.25, 0.3) is 16.0 Å². The molecule has 1 unspecified atom stereocenters. The first-order valence-electron chi connectivity index (χ1n) is 12.1. The SMILES string of the molecule is Cc1ccc2nc(N3C(=O)C(=O)C(=C(O)c4ccccc4)C3c3cccc(Oc4ccccc4)c3)sc2c1. The quantitative estimate of drug-likeness (QED) is 0.154. The summed E-state index contributed by atoms with van der Waals surface area (Å²) in [6.45, 7) is 1.99. The van der Waals surface area contributed by atoms with E-state index in [1.54, 1.807) is 42.5 Å². The summed E-state index contributed by atoms with van der Waals surface area (Å²) in [6, 6.07) is 30.3. The van der Waals surface area contributed by atoms with E-state index in [4.69, 9.17) is 4.74 Å². The largest absolute Gasteiger partial charge is 0.507 e. The van der Waals surface area contributed by atoms with Gasteiger partial charge in [-0.25, -0.2) is 4.98 Å². The Morgan fingerprint density at radius 2 is 1.58 bits per heavy atom. The number of hydrogen-bond donors (Lipinski definition) is 1. The number of carbonyl (C=O) groups excluding carboxylic acids is 2. The van der Waals surface area contributed by atoms with Crippen molar-refractivity contribution in [3.05, 3.63) is 125 Å². The van der Waals surface area contributed by atoms with Crippen molar-refractivity contribution in [2.45, 2.75) is 13.0 Å². The van der Waals surface area contributed by atoms with Crippen LogP contribution in [0.1, 0.15) is 22.7 Å². The number of para-hydroxylation sites is 1. The van der Waals surface area contributed by atoms with E-state index in [1.807, 2.05) is 67.6 Å². The van der Waals surface area contributed by atoms with Gasteiger partial charge in [0.05, 0.1) is 21.8 Å². The topological polar surface area (TPSA) is 79.7 Å². The van der Waals surface area contributed by atoms with Gasteiger partial charge in [0.1, 0.15) is 17.3 Å². The molecule has 1 aromatic heterocycles. The number of hydrogen-bond acceptors (Lipinski definition) is 6. The van der Waals surface area contributed by atoms with Gasteiger partial charge in [-0.1, -0.05) is 78.1 Å². The van der Waals surface area contributed by atoms with Gasteiger partial charge in [0.15, 0.2) is 5.13 Å². The Hall–Kier alpha value is -4.75. The van der Waals surface area contributed by atoms with Crippen molar-refractivity contribution in [1.82, 2.24) is 4.98 Å². The third-order valence-corrected chi connectivity index (χ3v) is 7.40. The Morgan fingerprint density at radius 1 is 0.868 bits per heavy atom. The van der Waals surface area contributed by atoms with Crippen molar-refractivity contribution >= 4 is 44.1 Å². The van der Waals surface area contributed by atoms with E-state index in [1.165, 1.54) is 16.2 Å². The minimum atomic E-state index is -0.892. The molecule has 1 amide bonds. The number of aryl methyl sites for hydroxylation is 1. The average Bonchev–Trinajstić information content (AvgIpc) is 3.47. The monoisotopic (exact) mass is 518 g/mol. The molecule has 38 heavy (non-hydrogen) atoms. The molecule has 6 nitrogen and oxygen atoms in total. The summed E-state index contributed by atoms with van der Waals surface area (Å²) in [7, 11) is 0. The van der Waals surface area contributed by atoms with Crippen molar-refractivity contribution in [2.75, 3.05) is 4.90 Å². The van der Waals surface area contributed by atoms with Gasteiger partial charge in [-0.3, -0.25) is 14.5 Å². The normalized spacial score (nSPS) is 16.8. The zero-order chi connectivity index (χ0) is 26.2. The number of anilines is 1. The van der Waals surface area contributed by atoms with Crippen LogP contribution in [-0.4, -0.2) is 21.8 Å². The first-order valence-corrected chi connectivity index (χ1v) is 12.9. The highest BCUT2D eigenvalue weighted by Crippen LogP contribution is 2.45. The molecule has 1 aliphatic heterocycles. The standard InChI is InChI=1S/C31H22N2O4S/c1-19-15-16-24-25(17-19)38-31(32-24)33-27(21-11-8-14-23(18-21)37-22-12-6-3-7-13-22)26(29(35)30(33)36)28(34)20-9-4-2-5-10-20/h2-18,27,34H,1H3. The number of benzene rings is 4. The molecular formula is C31H22N2O4S. The highest BCUT2D eigenvalue weighted by Gasteiger charge is 2.48. The molecule has 0 aliphatic carbocycles. The predicted molar refractivity (Wildman–Crippen MR) is 149 cm³/mol. The zero-order valence-electron chi connectivity index (χ0n) is 20.4. The maximum absolute atomic E-state index is 13.5. The zero-order valence-corrected chi connectivity index (χ0v) is 21.2. The van der Waals surface area contributed by atoms with Crippen molar-refractivity contribution < 1.29 is 19.4 Å². The first kappa shape index (κ1) is 23.6. The smallest absolute Gasteiger partial charge is 0.301 e. The second-order valence-electron chi connectivity index (χ2n) is 8.99. The second-order valence-corrected chi connectivity index (χ2v) is 10.00. The van der Waals surface area contributed by atoms with E-state index in [9.17, 15) is 14.7 Å². The fourth-order valence-electron chi connectivity index (χ4n) is 4.59. The average molecular weight is 519 g/mol. The Kier molecular flexibility index (Phi) is 5.98. The number of aliphatic hydroxyl groups is 1. The fourth-order valence-corrected chi connectivity index (χ4v) is 5.68. The van der Waals surface area contributed by atoms with Gasteiger partial charge in [0.25, 0.3) is 5.78 Å². The number of ether oxygens (including phenoxy) is 1. The van der Waals surface area contributed by atoms with E-state index in [0.717, 1.165) is 15.8 Å². The molecule has 0 bridgehead atoms. The molecule has 4 aromatic carbocycles. The molecule has 6 rings (SSSR count). The highest BCUT2D eigenvalue weighted by molar-refractivity contribution is 7.22. The number of fused-ring (bicyclic) bond motifs is 1. The number of ketones is 1. The van der Waals surface area contributed by atoms with Crippen molar-refractivity contribution in [3.8, 4) is 11.5 Å². The van der Waals surface area contributed by atoms with Crippen LogP contribution >= 0.6 is 11.3 Å². The molecule has 7 heteroatoms. The summed E-state index contributed by atoms with van der Waals surface area (Å²) < 4.78 is 6.94. The summed E-state index contributed by atoms with van der Waals surface area (Å²) in [5, 5.41) is 11.7. The Labute approximate surface area is 223 Å². The van der Waals surface area contributed by atoms with E-state index in [-0.39, 0.29) is 11.3 Å². The molecular weight excluding hydrogens is 496 g/mol. The summed E-state index contributed by atoms with van der Waals surface area (Å²) in [5.41, 5.74) is 2.88. The Balaban J connectivity index is 1.52. The van der Waals surface area contributed by atoms with Gasteiger partial charge < -0.3 is 9.84 Å². The fraction of sp³-hybridized carbons (Fsp3) is 0.0645. The molecule has 1 saturated heterocycles. The van der Waals surface area contributed by atoms with Crippen molar-refractivity contribution in [2.24, 2.45) is 0 Å². The van der Waals surface area contributed by atoms with Crippen LogP contribution in [0.4, 0.5) is 5.13 Å². The summed E-state index contributed by atoms with van der Waals surface area (Å²) in [6.07, 6.45) is 0. The molecule has 1 aliphatic rings. The number of Topliss-reactive ketones (excluding diaryl/α,β-unsaturated/α-hetero) is 1. The number of aliphatic hydroxyl groups excluding tert-OH is 1. The lowest BCUT2D eigenvalue weighted by Gasteiger charge is -2.23. The molecule has 5 aromatic rings. The van der Waals surface area contributed by atoms with Crippen LogP contribution in [0.3, 0.4) is 0 Å². The highest BCUT2D eigenvalue weighted by atomic mass is 32.1. The number of rotatable bonds is 5. The van der Waals surface area contributed by atoms with Crippen LogP contribution in [0.2, 0.25) is 0 Å². The maximum Gasteiger partial charge on any atom is 0.301 e. The van der Waals surface area contributed by atoms with Crippen LogP contribution in [0, 0.1) is 6.92 Å². The van der Waals surface area contributed by atoms with Crippen LogP contribution in [-0.2, 0) is 9.59 Å². The van der Waals surface area contributed by atoms with Crippen LogP contribution in [0.15, 0.2) is 109 Å². The van der Waals surface area contributed by atoms with E-state index < -0.39 is 17.7 Å². The number of amides is 1.